The average Bonchev–Trinajstić information content (AvgIpc) is 3.51. The summed E-state index contributed by atoms with van der Waals surface area (Å²) in [6.45, 7) is 6.40. The molecule has 10 nitrogen and oxygen atoms in total. The van der Waals surface area contributed by atoms with E-state index in [1.807, 2.05) is 19.9 Å². The van der Waals surface area contributed by atoms with Gasteiger partial charge in [0, 0.05) is 25.1 Å². The number of piperidine rings is 1. The van der Waals surface area contributed by atoms with Crippen molar-refractivity contribution in [2.24, 2.45) is 5.92 Å². The Morgan fingerprint density at radius 1 is 1.08 bits per heavy atom. The van der Waals surface area contributed by atoms with Crippen molar-refractivity contribution in [2.75, 3.05) is 24.6 Å². The van der Waals surface area contributed by atoms with Crippen molar-refractivity contribution >= 4 is 38.4 Å². The van der Waals surface area contributed by atoms with Crippen LogP contribution in [0.25, 0.3) is 10.3 Å². The van der Waals surface area contributed by atoms with Gasteiger partial charge in [-0.25, -0.2) is 18.4 Å². The van der Waals surface area contributed by atoms with E-state index in [0.29, 0.717) is 40.9 Å². The number of ether oxygens (including phenoxy) is 2. The van der Waals surface area contributed by atoms with Gasteiger partial charge in [0.2, 0.25) is 5.88 Å². The fraction of sp³-hybridized carbons (Fsp3) is 0.417. The maximum absolute atomic E-state index is 10.9. The lowest BCUT2D eigenvalue weighted by Crippen LogP contribution is -2.35. The molecule has 36 heavy (non-hydrogen) atoms. The lowest BCUT2D eigenvalue weighted by Gasteiger charge is -2.30. The van der Waals surface area contributed by atoms with Gasteiger partial charge >= 0.3 is 6.01 Å². The topological polar surface area (TPSA) is 121 Å². The minimum absolute atomic E-state index is 0.0143. The van der Waals surface area contributed by atoms with Gasteiger partial charge in [-0.15, -0.1) is 0 Å². The van der Waals surface area contributed by atoms with Crippen LogP contribution in [0.2, 0.25) is 0 Å². The molecule has 0 saturated carbocycles. The number of fused-ring (bicyclic) bond motifs is 1. The molecular weight excluding hydrogens is 502 g/mol. The van der Waals surface area contributed by atoms with Crippen molar-refractivity contribution < 1.29 is 22.4 Å². The Balaban J connectivity index is 1.14. The predicted molar refractivity (Wildman–Crippen MR) is 137 cm³/mol. The van der Waals surface area contributed by atoms with Crippen LogP contribution in [0, 0.1) is 5.92 Å². The molecule has 1 saturated heterocycles. The first-order valence-electron chi connectivity index (χ1n) is 11.8. The lowest BCUT2D eigenvalue weighted by molar-refractivity contribution is 0.219. The smallest absolute Gasteiger partial charge is 0.324 e. The fourth-order valence-corrected chi connectivity index (χ4v) is 5.20. The Labute approximate surface area is 214 Å². The summed E-state index contributed by atoms with van der Waals surface area (Å²) in [7, 11) is -2.45. The number of thiazole rings is 1. The third kappa shape index (κ3) is 5.93. The number of rotatable bonds is 9. The second-order valence-corrected chi connectivity index (χ2v) is 10.9. The third-order valence-electron chi connectivity index (χ3n) is 5.94. The van der Waals surface area contributed by atoms with Crippen molar-refractivity contribution in [2.45, 2.75) is 38.4 Å². The van der Waals surface area contributed by atoms with Crippen LogP contribution < -0.4 is 14.4 Å². The first-order valence-corrected chi connectivity index (χ1v) is 14.0. The van der Waals surface area contributed by atoms with E-state index >= 15 is 0 Å². The summed E-state index contributed by atoms with van der Waals surface area (Å²) in [4.78, 5) is 16.4. The quantitative estimate of drug-likeness (QED) is 0.312. The van der Waals surface area contributed by atoms with Gasteiger partial charge in [0.05, 0.1) is 12.4 Å². The molecule has 4 aromatic rings. The van der Waals surface area contributed by atoms with E-state index in [2.05, 4.69) is 25.0 Å². The minimum Gasteiger partial charge on any atom is -0.470 e. The van der Waals surface area contributed by atoms with Gasteiger partial charge < -0.3 is 18.9 Å². The zero-order valence-corrected chi connectivity index (χ0v) is 21.7. The molecule has 4 heterocycles. The molecule has 12 heteroatoms. The standard InChI is InChI=1S/C24H27N5O5S2/c1-15(2)21-27-23(34-28-21)29-11-9-16(10-12-29)13-32-24-25-19-7-8-20(26-22(19)35-24)33-18-5-3-17(4-6-18)14-36(30)31/h3-8,15-16,36H,9-14H2,1-2H3. The van der Waals surface area contributed by atoms with Crippen LogP contribution in [0.1, 0.15) is 44.0 Å². The van der Waals surface area contributed by atoms with Crippen molar-refractivity contribution in [1.82, 2.24) is 20.1 Å². The van der Waals surface area contributed by atoms with Crippen LogP contribution in [0.4, 0.5) is 6.01 Å². The Morgan fingerprint density at radius 2 is 1.86 bits per heavy atom. The van der Waals surface area contributed by atoms with Gasteiger partial charge in [0.15, 0.2) is 10.7 Å². The van der Waals surface area contributed by atoms with Crippen molar-refractivity contribution in [1.29, 1.82) is 0 Å². The number of aromatic nitrogens is 4. The van der Waals surface area contributed by atoms with Gasteiger partial charge in [-0.1, -0.05) is 42.5 Å². The first-order chi connectivity index (χ1) is 17.4. The second kappa shape index (κ2) is 10.8. The molecule has 0 aliphatic carbocycles. The minimum atomic E-state index is -2.45. The summed E-state index contributed by atoms with van der Waals surface area (Å²) in [6, 6.07) is 11.1. The third-order valence-corrected chi connectivity index (χ3v) is 7.44. The predicted octanol–water partition coefficient (Wildman–Crippen LogP) is 4.40. The molecule has 1 aliphatic rings. The summed E-state index contributed by atoms with van der Waals surface area (Å²) in [5.74, 6) is 2.45. The van der Waals surface area contributed by atoms with Gasteiger partial charge in [0.25, 0.3) is 5.19 Å². The highest BCUT2D eigenvalue weighted by Crippen LogP contribution is 2.31. The number of nitrogens with zero attached hydrogens (tertiary/aromatic N) is 5. The molecule has 1 aliphatic heterocycles. The summed E-state index contributed by atoms with van der Waals surface area (Å²) >= 11 is 1.39. The summed E-state index contributed by atoms with van der Waals surface area (Å²) in [5.41, 5.74) is 1.47. The summed E-state index contributed by atoms with van der Waals surface area (Å²) in [6.07, 6.45) is 1.95. The Bertz CT molecular complexity index is 1380. The molecular formula is C24H27N5O5S2. The van der Waals surface area contributed by atoms with Gasteiger partial charge in [-0.05, 0) is 42.5 Å². The van der Waals surface area contributed by atoms with E-state index in [4.69, 9.17) is 14.0 Å². The molecule has 1 fully saturated rings. The van der Waals surface area contributed by atoms with Crippen LogP contribution in [0.15, 0.2) is 40.9 Å². The first kappa shape index (κ1) is 24.4. The van der Waals surface area contributed by atoms with E-state index in [1.54, 1.807) is 30.3 Å². The van der Waals surface area contributed by atoms with Gasteiger partial charge in [-0.2, -0.15) is 4.98 Å². The second-order valence-electron chi connectivity index (χ2n) is 9.02. The number of hydrogen-bond acceptors (Lipinski definition) is 11. The van der Waals surface area contributed by atoms with Crippen molar-refractivity contribution in [3.05, 3.63) is 47.8 Å². The van der Waals surface area contributed by atoms with Crippen LogP contribution in [0.5, 0.6) is 16.8 Å². The van der Waals surface area contributed by atoms with E-state index in [9.17, 15) is 8.42 Å². The van der Waals surface area contributed by atoms with Crippen LogP contribution >= 0.6 is 11.3 Å². The zero-order chi connectivity index (χ0) is 25.1. The molecule has 0 atom stereocenters. The van der Waals surface area contributed by atoms with E-state index < -0.39 is 10.7 Å². The number of thiol groups is 1. The van der Waals surface area contributed by atoms with E-state index in [0.717, 1.165) is 42.1 Å². The average molecular weight is 530 g/mol. The Morgan fingerprint density at radius 3 is 2.56 bits per heavy atom. The van der Waals surface area contributed by atoms with E-state index in [-0.39, 0.29) is 11.7 Å². The molecule has 190 valence electrons. The summed E-state index contributed by atoms with van der Waals surface area (Å²) < 4.78 is 39.0. The molecule has 1 aromatic carbocycles. The molecule has 0 unspecified atom stereocenters. The fourth-order valence-electron chi connectivity index (χ4n) is 3.90. The zero-order valence-electron chi connectivity index (χ0n) is 20.0. The van der Waals surface area contributed by atoms with Gasteiger partial charge in [-0.3, -0.25) is 0 Å². The monoisotopic (exact) mass is 529 g/mol. The molecule has 0 N–H and O–H groups in total. The SMILES string of the molecule is CC(C)c1noc(N2CCC(COc3nc4ccc(Oc5ccc(C[SH](=O)=O)cc5)nc4s3)CC2)n1. The number of pyridine rings is 1. The molecule has 0 radical (unpaired) electrons. The summed E-state index contributed by atoms with van der Waals surface area (Å²) in [5, 5.41) is 4.64. The highest BCUT2D eigenvalue weighted by atomic mass is 32.2. The number of hydrogen-bond donors (Lipinski definition) is 1. The number of anilines is 1. The van der Waals surface area contributed by atoms with Gasteiger partial charge in [0.1, 0.15) is 22.0 Å². The molecule has 5 rings (SSSR count). The maximum atomic E-state index is 10.9. The maximum Gasteiger partial charge on any atom is 0.324 e. The Kier molecular flexibility index (Phi) is 7.33. The van der Waals surface area contributed by atoms with Crippen LogP contribution in [0.3, 0.4) is 0 Å². The largest absolute Gasteiger partial charge is 0.470 e. The van der Waals surface area contributed by atoms with Crippen molar-refractivity contribution in [3.63, 3.8) is 0 Å². The molecule has 0 amide bonds. The molecule has 3 aromatic heterocycles. The highest BCUT2D eigenvalue weighted by molar-refractivity contribution is 7.71. The highest BCUT2D eigenvalue weighted by Gasteiger charge is 2.24. The molecule has 0 spiro atoms. The number of benzene rings is 1. The van der Waals surface area contributed by atoms with E-state index in [1.165, 1.54) is 11.3 Å². The van der Waals surface area contributed by atoms with Crippen LogP contribution in [-0.4, -0.2) is 48.2 Å². The normalized spacial score (nSPS) is 14.7. The lowest BCUT2D eigenvalue weighted by atomic mass is 9.98. The Hall–Kier alpha value is -3.25. The van der Waals surface area contributed by atoms with Crippen molar-refractivity contribution in [3.8, 4) is 16.8 Å². The molecule has 0 bridgehead atoms. The van der Waals surface area contributed by atoms with Crippen LogP contribution in [-0.2, 0) is 16.5 Å².